The van der Waals surface area contributed by atoms with Crippen molar-refractivity contribution in [3.63, 3.8) is 0 Å². The minimum atomic E-state index is 0.520. The molecule has 1 N–H and O–H groups in total. The summed E-state index contributed by atoms with van der Waals surface area (Å²) < 4.78 is 2.08. The second-order valence-corrected chi connectivity index (χ2v) is 3.52. The molecule has 1 unspecified atom stereocenters. The zero-order valence-corrected chi connectivity index (χ0v) is 8.03. The van der Waals surface area contributed by atoms with Crippen molar-refractivity contribution < 1.29 is 0 Å². The van der Waals surface area contributed by atoms with Gasteiger partial charge in [0.15, 0.2) is 0 Å². The summed E-state index contributed by atoms with van der Waals surface area (Å²) in [5.74, 6) is 0. The molecule has 0 aliphatic carbocycles. The Hall–Kier alpha value is -0.900. The highest BCUT2D eigenvalue weighted by atomic mass is 15.4. The molecule has 1 fully saturated rings. The Morgan fingerprint density at radius 1 is 1.69 bits per heavy atom. The molecule has 13 heavy (non-hydrogen) atoms. The van der Waals surface area contributed by atoms with Crippen molar-refractivity contribution in [1.29, 1.82) is 0 Å². The third-order valence-corrected chi connectivity index (χ3v) is 2.63. The van der Waals surface area contributed by atoms with Crippen molar-refractivity contribution in [2.24, 2.45) is 0 Å². The number of piperidine rings is 1. The Labute approximate surface area is 78.3 Å². The lowest BCUT2D eigenvalue weighted by Crippen LogP contribution is -2.32. The molecule has 1 aromatic heterocycles. The molecule has 1 atom stereocenters. The van der Waals surface area contributed by atoms with Crippen molar-refractivity contribution in [2.45, 2.75) is 32.2 Å². The number of rotatable bonds is 2. The van der Waals surface area contributed by atoms with E-state index < -0.39 is 0 Å². The van der Waals surface area contributed by atoms with Crippen molar-refractivity contribution in [3.8, 4) is 0 Å². The summed E-state index contributed by atoms with van der Waals surface area (Å²) in [6.45, 7) is 4.33. The molecular weight excluding hydrogens is 164 g/mol. The summed E-state index contributed by atoms with van der Waals surface area (Å²) in [7, 11) is 0. The fourth-order valence-electron chi connectivity index (χ4n) is 1.87. The topological polar surface area (TPSA) is 42.7 Å². The second-order valence-electron chi connectivity index (χ2n) is 3.52. The van der Waals surface area contributed by atoms with E-state index in [0.29, 0.717) is 6.04 Å². The monoisotopic (exact) mass is 180 g/mol. The summed E-state index contributed by atoms with van der Waals surface area (Å²) in [5, 5.41) is 11.5. The average Bonchev–Trinajstić information content (AvgIpc) is 2.67. The minimum Gasteiger partial charge on any atom is -0.315 e. The molecule has 1 aromatic rings. The van der Waals surface area contributed by atoms with Crippen LogP contribution in [0.25, 0.3) is 0 Å². The highest BCUT2D eigenvalue weighted by Crippen LogP contribution is 2.16. The lowest BCUT2D eigenvalue weighted by Gasteiger charge is -2.23. The summed E-state index contributed by atoms with van der Waals surface area (Å²) in [6.07, 6.45) is 5.36. The Kier molecular flexibility index (Phi) is 2.59. The minimum absolute atomic E-state index is 0.520. The second kappa shape index (κ2) is 3.87. The van der Waals surface area contributed by atoms with E-state index in [9.17, 15) is 0 Å². The number of nitrogens with zero attached hydrogens (tertiary/aromatic N) is 3. The predicted octanol–water partition coefficient (Wildman–Crippen LogP) is 0.765. The standard InChI is InChI=1S/C9H16N4/c1-2-8-7-11-12-13(8)9-4-3-5-10-6-9/h7,9-10H,2-6H2,1H3. The maximum atomic E-state index is 4.14. The van der Waals surface area contributed by atoms with Gasteiger partial charge in [0.1, 0.15) is 0 Å². The predicted molar refractivity (Wildman–Crippen MR) is 50.5 cm³/mol. The lowest BCUT2D eigenvalue weighted by molar-refractivity contribution is 0.334. The third kappa shape index (κ3) is 1.72. The Balaban J connectivity index is 2.13. The molecule has 0 aromatic carbocycles. The van der Waals surface area contributed by atoms with Crippen LogP contribution in [-0.4, -0.2) is 28.1 Å². The number of nitrogens with one attached hydrogen (secondary N) is 1. The first-order chi connectivity index (χ1) is 6.42. The van der Waals surface area contributed by atoms with Crippen LogP contribution in [0.4, 0.5) is 0 Å². The Morgan fingerprint density at radius 2 is 2.62 bits per heavy atom. The van der Waals surface area contributed by atoms with Crippen LogP contribution in [0.5, 0.6) is 0 Å². The molecule has 0 spiro atoms. The molecule has 0 amide bonds. The SMILES string of the molecule is CCc1cnnn1C1CCCNC1. The van der Waals surface area contributed by atoms with Gasteiger partial charge >= 0.3 is 0 Å². The number of hydrogen-bond acceptors (Lipinski definition) is 3. The molecule has 1 aliphatic rings. The molecule has 1 aliphatic heterocycles. The fourth-order valence-corrected chi connectivity index (χ4v) is 1.87. The first kappa shape index (κ1) is 8.69. The highest BCUT2D eigenvalue weighted by Gasteiger charge is 2.17. The van der Waals surface area contributed by atoms with Crippen LogP contribution in [0.15, 0.2) is 6.20 Å². The van der Waals surface area contributed by atoms with E-state index in [4.69, 9.17) is 0 Å². The average molecular weight is 180 g/mol. The Morgan fingerprint density at radius 3 is 3.31 bits per heavy atom. The van der Waals surface area contributed by atoms with Crippen LogP contribution >= 0.6 is 0 Å². The summed E-state index contributed by atoms with van der Waals surface area (Å²) in [6, 6.07) is 0.520. The van der Waals surface area contributed by atoms with E-state index in [2.05, 4.69) is 27.2 Å². The quantitative estimate of drug-likeness (QED) is 0.731. The molecule has 4 heteroatoms. The summed E-state index contributed by atoms with van der Waals surface area (Å²) in [4.78, 5) is 0. The fraction of sp³-hybridized carbons (Fsp3) is 0.778. The maximum absolute atomic E-state index is 4.14. The number of aryl methyl sites for hydroxylation is 1. The third-order valence-electron chi connectivity index (χ3n) is 2.63. The van der Waals surface area contributed by atoms with E-state index in [1.807, 2.05) is 6.20 Å². The van der Waals surface area contributed by atoms with Gasteiger partial charge in [-0.1, -0.05) is 12.1 Å². The molecule has 72 valence electrons. The number of hydrogen-bond donors (Lipinski definition) is 1. The van der Waals surface area contributed by atoms with Gasteiger partial charge in [-0.25, -0.2) is 4.68 Å². The molecule has 1 saturated heterocycles. The van der Waals surface area contributed by atoms with Gasteiger partial charge in [0, 0.05) is 6.54 Å². The van der Waals surface area contributed by atoms with Crippen molar-refractivity contribution in [2.75, 3.05) is 13.1 Å². The van der Waals surface area contributed by atoms with E-state index in [0.717, 1.165) is 19.5 Å². The number of aromatic nitrogens is 3. The molecule has 0 radical (unpaired) electrons. The molecule has 0 bridgehead atoms. The van der Waals surface area contributed by atoms with Crippen molar-refractivity contribution in [3.05, 3.63) is 11.9 Å². The largest absolute Gasteiger partial charge is 0.315 e. The lowest BCUT2D eigenvalue weighted by atomic mass is 10.1. The van der Waals surface area contributed by atoms with E-state index in [1.54, 1.807) is 0 Å². The molecule has 4 nitrogen and oxygen atoms in total. The Bertz CT molecular complexity index is 262. The van der Waals surface area contributed by atoms with Crippen molar-refractivity contribution in [1.82, 2.24) is 20.3 Å². The maximum Gasteiger partial charge on any atom is 0.0725 e. The first-order valence-electron chi connectivity index (χ1n) is 5.01. The molecular formula is C9H16N4. The summed E-state index contributed by atoms with van der Waals surface area (Å²) in [5.41, 5.74) is 1.24. The molecule has 2 rings (SSSR count). The van der Waals surface area contributed by atoms with Gasteiger partial charge < -0.3 is 5.32 Å². The van der Waals surface area contributed by atoms with Gasteiger partial charge in [0.2, 0.25) is 0 Å². The summed E-state index contributed by atoms with van der Waals surface area (Å²) >= 11 is 0. The van der Waals surface area contributed by atoms with E-state index >= 15 is 0 Å². The normalized spacial score (nSPS) is 23.3. The highest BCUT2D eigenvalue weighted by molar-refractivity contribution is 4.96. The van der Waals surface area contributed by atoms with Gasteiger partial charge in [0.05, 0.1) is 17.9 Å². The zero-order valence-electron chi connectivity index (χ0n) is 8.03. The van der Waals surface area contributed by atoms with Crippen LogP contribution in [0.3, 0.4) is 0 Å². The van der Waals surface area contributed by atoms with E-state index in [-0.39, 0.29) is 0 Å². The molecule has 2 heterocycles. The van der Waals surface area contributed by atoms with Gasteiger partial charge in [0.25, 0.3) is 0 Å². The molecule has 0 saturated carbocycles. The van der Waals surface area contributed by atoms with Crippen LogP contribution in [0.1, 0.15) is 31.5 Å². The van der Waals surface area contributed by atoms with Gasteiger partial charge in [-0.2, -0.15) is 0 Å². The van der Waals surface area contributed by atoms with Gasteiger partial charge in [-0.3, -0.25) is 0 Å². The van der Waals surface area contributed by atoms with Crippen molar-refractivity contribution >= 4 is 0 Å². The first-order valence-corrected chi connectivity index (χ1v) is 5.01. The van der Waals surface area contributed by atoms with Crippen LogP contribution in [-0.2, 0) is 6.42 Å². The van der Waals surface area contributed by atoms with E-state index in [1.165, 1.54) is 18.5 Å². The zero-order chi connectivity index (χ0) is 9.10. The van der Waals surface area contributed by atoms with Crippen LogP contribution in [0, 0.1) is 0 Å². The smallest absolute Gasteiger partial charge is 0.0725 e. The van der Waals surface area contributed by atoms with Gasteiger partial charge in [-0.05, 0) is 25.8 Å². The van der Waals surface area contributed by atoms with Crippen LogP contribution in [0.2, 0.25) is 0 Å². The van der Waals surface area contributed by atoms with Gasteiger partial charge in [-0.15, -0.1) is 5.10 Å². The van der Waals surface area contributed by atoms with Crippen LogP contribution < -0.4 is 5.32 Å².